The molecule has 1 aromatic heterocycles. The molecule has 0 aliphatic carbocycles. The number of hydrogen-bond donors (Lipinski definition) is 1. The quantitative estimate of drug-likeness (QED) is 0.447. The Balaban J connectivity index is 1.61. The van der Waals surface area contributed by atoms with Gasteiger partial charge in [-0.3, -0.25) is 14.3 Å². The zero-order valence-corrected chi connectivity index (χ0v) is 17.8. The number of esters is 1. The van der Waals surface area contributed by atoms with Crippen molar-refractivity contribution >= 4 is 17.7 Å². The summed E-state index contributed by atoms with van der Waals surface area (Å²) in [6.45, 7) is 5.60. The third-order valence-corrected chi connectivity index (χ3v) is 4.91. The summed E-state index contributed by atoms with van der Waals surface area (Å²) >= 11 is 0. The summed E-state index contributed by atoms with van der Waals surface area (Å²) in [7, 11) is 0. The maximum atomic E-state index is 12.6. The summed E-state index contributed by atoms with van der Waals surface area (Å²) in [5, 5.41) is 7.15. The highest BCUT2D eigenvalue weighted by molar-refractivity contribution is 5.99. The van der Waals surface area contributed by atoms with Crippen LogP contribution in [0.1, 0.15) is 50.2 Å². The van der Waals surface area contributed by atoms with Crippen molar-refractivity contribution in [3.8, 4) is 0 Å². The van der Waals surface area contributed by atoms with Crippen molar-refractivity contribution in [2.24, 2.45) is 0 Å². The molecule has 0 atom stereocenters. The minimum absolute atomic E-state index is 0.121. The van der Waals surface area contributed by atoms with Crippen molar-refractivity contribution in [1.29, 1.82) is 0 Å². The number of carbonyl (C=O) groups is 3. The Morgan fingerprint density at radius 1 is 0.968 bits per heavy atom. The minimum atomic E-state index is -0.565. The molecule has 1 amide bonds. The van der Waals surface area contributed by atoms with Gasteiger partial charge < -0.3 is 10.1 Å². The molecule has 0 unspecified atom stereocenters. The molecule has 0 aliphatic heterocycles. The van der Waals surface area contributed by atoms with Gasteiger partial charge in [0.05, 0.1) is 17.9 Å². The summed E-state index contributed by atoms with van der Waals surface area (Å²) in [6.07, 6.45) is 0. The lowest BCUT2D eigenvalue weighted by Crippen LogP contribution is -2.19. The van der Waals surface area contributed by atoms with Gasteiger partial charge in [0, 0.05) is 19.0 Å². The van der Waals surface area contributed by atoms with E-state index in [1.165, 1.54) is 6.92 Å². The van der Waals surface area contributed by atoms with Crippen LogP contribution in [-0.4, -0.2) is 34.0 Å². The van der Waals surface area contributed by atoms with Crippen LogP contribution in [0.15, 0.2) is 54.6 Å². The highest BCUT2D eigenvalue weighted by Gasteiger charge is 2.21. The molecule has 2 aromatic carbocycles. The molecule has 0 saturated heterocycles. The van der Waals surface area contributed by atoms with Crippen LogP contribution < -0.4 is 5.32 Å². The lowest BCUT2D eigenvalue weighted by Gasteiger charge is -2.07. The minimum Gasteiger partial charge on any atom is -0.454 e. The van der Waals surface area contributed by atoms with E-state index in [1.54, 1.807) is 35.9 Å². The molecule has 1 heterocycles. The predicted molar refractivity (Wildman–Crippen MR) is 116 cm³/mol. The van der Waals surface area contributed by atoms with Crippen molar-refractivity contribution in [3.63, 3.8) is 0 Å². The van der Waals surface area contributed by atoms with E-state index >= 15 is 0 Å². The Kier molecular flexibility index (Phi) is 6.97. The van der Waals surface area contributed by atoms with Crippen molar-refractivity contribution in [2.75, 3.05) is 6.61 Å². The van der Waals surface area contributed by atoms with Gasteiger partial charge in [-0.2, -0.15) is 5.10 Å². The van der Waals surface area contributed by atoms with E-state index in [9.17, 15) is 14.4 Å². The van der Waals surface area contributed by atoms with Crippen LogP contribution in [0, 0.1) is 13.8 Å². The fraction of sp³-hybridized carbons (Fsp3) is 0.250. The summed E-state index contributed by atoms with van der Waals surface area (Å²) < 4.78 is 7.04. The topological polar surface area (TPSA) is 90.3 Å². The zero-order chi connectivity index (χ0) is 22.4. The van der Waals surface area contributed by atoms with Gasteiger partial charge in [0.15, 0.2) is 12.4 Å². The smallest absolute Gasteiger partial charge is 0.342 e. The number of nitrogens with one attached hydrogen (secondary N) is 1. The van der Waals surface area contributed by atoms with Gasteiger partial charge in [0.25, 0.3) is 0 Å². The van der Waals surface area contributed by atoms with E-state index in [0.29, 0.717) is 35.6 Å². The molecule has 0 spiro atoms. The zero-order valence-electron chi connectivity index (χ0n) is 17.8. The molecule has 31 heavy (non-hydrogen) atoms. The monoisotopic (exact) mass is 419 g/mol. The highest BCUT2D eigenvalue weighted by atomic mass is 16.5. The molecule has 3 aromatic rings. The van der Waals surface area contributed by atoms with Crippen LogP contribution in [-0.2, 0) is 22.6 Å². The molecule has 7 heteroatoms. The SMILES string of the molecule is CC(=O)NCc1ccc(C(=O)COC(=O)c2c(C)nn(Cc3ccccc3)c2C)cc1. The van der Waals surface area contributed by atoms with Gasteiger partial charge in [0.2, 0.25) is 5.91 Å². The van der Waals surface area contributed by atoms with Crippen LogP contribution in [0.2, 0.25) is 0 Å². The lowest BCUT2D eigenvalue weighted by atomic mass is 10.1. The van der Waals surface area contributed by atoms with E-state index in [1.807, 2.05) is 37.3 Å². The number of benzene rings is 2. The summed E-state index contributed by atoms with van der Waals surface area (Å²) in [5.41, 5.74) is 4.03. The Hall–Kier alpha value is -3.74. The molecular formula is C24H25N3O4. The van der Waals surface area contributed by atoms with Crippen molar-refractivity contribution in [3.05, 3.63) is 88.2 Å². The first-order valence-corrected chi connectivity index (χ1v) is 9.96. The first kappa shape index (κ1) is 22.0. The Morgan fingerprint density at radius 2 is 1.65 bits per heavy atom. The van der Waals surface area contributed by atoms with Crippen LogP contribution in [0.4, 0.5) is 0 Å². The summed E-state index contributed by atoms with van der Waals surface area (Å²) in [6, 6.07) is 16.7. The molecule has 0 saturated carbocycles. The summed E-state index contributed by atoms with van der Waals surface area (Å²) in [5.74, 6) is -0.985. The molecule has 1 N–H and O–H groups in total. The maximum Gasteiger partial charge on any atom is 0.342 e. The number of ether oxygens (including phenoxy) is 1. The van der Waals surface area contributed by atoms with Crippen LogP contribution in [0.25, 0.3) is 0 Å². The van der Waals surface area contributed by atoms with Crippen molar-refractivity contribution < 1.29 is 19.1 Å². The van der Waals surface area contributed by atoms with E-state index in [4.69, 9.17) is 4.74 Å². The maximum absolute atomic E-state index is 12.6. The molecule has 3 rings (SSSR count). The largest absolute Gasteiger partial charge is 0.454 e. The van der Waals surface area contributed by atoms with Crippen LogP contribution in [0.5, 0.6) is 0 Å². The van der Waals surface area contributed by atoms with Gasteiger partial charge in [-0.25, -0.2) is 4.79 Å². The number of ketones is 1. The number of rotatable bonds is 8. The van der Waals surface area contributed by atoms with E-state index in [0.717, 1.165) is 11.1 Å². The molecule has 7 nitrogen and oxygen atoms in total. The normalized spacial score (nSPS) is 10.5. The molecular weight excluding hydrogens is 394 g/mol. The fourth-order valence-corrected chi connectivity index (χ4v) is 3.22. The number of aryl methyl sites for hydroxylation is 1. The summed E-state index contributed by atoms with van der Waals surface area (Å²) in [4.78, 5) is 36.0. The lowest BCUT2D eigenvalue weighted by molar-refractivity contribution is -0.119. The number of aromatic nitrogens is 2. The molecule has 0 radical (unpaired) electrons. The molecule has 0 fully saturated rings. The van der Waals surface area contributed by atoms with Gasteiger partial charge in [-0.15, -0.1) is 0 Å². The standard InChI is InChI=1S/C24H25N3O4/c1-16-23(17(2)27(26-16)14-20-7-5-4-6-8-20)24(30)31-15-22(29)21-11-9-19(10-12-21)13-25-18(3)28/h4-12H,13-15H2,1-3H3,(H,25,28). The van der Waals surface area contributed by atoms with Gasteiger partial charge in [0.1, 0.15) is 5.56 Å². The van der Waals surface area contributed by atoms with Crippen LogP contribution >= 0.6 is 0 Å². The molecule has 0 bridgehead atoms. The number of Topliss-reactive ketones (excluding diaryl/α,β-unsaturated/α-hetero) is 1. The Morgan fingerprint density at radius 3 is 2.29 bits per heavy atom. The first-order chi connectivity index (χ1) is 14.8. The van der Waals surface area contributed by atoms with Gasteiger partial charge in [-0.05, 0) is 25.0 Å². The van der Waals surface area contributed by atoms with E-state index in [2.05, 4.69) is 10.4 Å². The average molecular weight is 419 g/mol. The number of amides is 1. The van der Waals surface area contributed by atoms with E-state index < -0.39 is 5.97 Å². The van der Waals surface area contributed by atoms with E-state index in [-0.39, 0.29) is 18.3 Å². The Labute approximate surface area is 181 Å². The van der Waals surface area contributed by atoms with Crippen LogP contribution in [0.3, 0.4) is 0 Å². The third kappa shape index (κ3) is 5.66. The van der Waals surface area contributed by atoms with Gasteiger partial charge in [-0.1, -0.05) is 54.6 Å². The molecule has 160 valence electrons. The fourth-order valence-electron chi connectivity index (χ4n) is 3.22. The second-order valence-corrected chi connectivity index (χ2v) is 7.30. The first-order valence-electron chi connectivity index (χ1n) is 9.96. The average Bonchev–Trinajstić information content (AvgIpc) is 3.04. The molecule has 0 aliphatic rings. The second-order valence-electron chi connectivity index (χ2n) is 7.30. The third-order valence-electron chi connectivity index (χ3n) is 4.91. The number of hydrogen-bond acceptors (Lipinski definition) is 5. The predicted octanol–water partition coefficient (Wildman–Crippen LogP) is 3.22. The highest BCUT2D eigenvalue weighted by Crippen LogP contribution is 2.16. The van der Waals surface area contributed by atoms with Crippen molar-refractivity contribution in [2.45, 2.75) is 33.9 Å². The van der Waals surface area contributed by atoms with Crippen molar-refractivity contribution in [1.82, 2.24) is 15.1 Å². The number of nitrogens with zero attached hydrogens (tertiary/aromatic N) is 2. The Bertz CT molecular complexity index is 1090. The number of carbonyl (C=O) groups excluding carboxylic acids is 3. The van der Waals surface area contributed by atoms with Gasteiger partial charge >= 0.3 is 5.97 Å². The second kappa shape index (κ2) is 9.84.